The van der Waals surface area contributed by atoms with Gasteiger partial charge in [0, 0.05) is 24.7 Å². The average Bonchev–Trinajstić information content (AvgIpc) is 2.61. The van der Waals surface area contributed by atoms with E-state index in [1.54, 1.807) is 24.3 Å². The molecule has 150 valence electrons. The highest BCUT2D eigenvalue weighted by molar-refractivity contribution is 5.97. The van der Waals surface area contributed by atoms with Crippen LogP contribution in [0.3, 0.4) is 0 Å². The number of likely N-dealkylation sites (tertiary alicyclic amines) is 1. The molecule has 2 atom stereocenters. The van der Waals surface area contributed by atoms with Crippen molar-refractivity contribution in [2.24, 2.45) is 17.1 Å². The summed E-state index contributed by atoms with van der Waals surface area (Å²) in [4.78, 5) is 27.6. The molecule has 6 nitrogen and oxygen atoms in total. The second-order valence-corrected chi connectivity index (χ2v) is 8.30. The summed E-state index contributed by atoms with van der Waals surface area (Å²) in [5, 5.41) is 2.92. The molecular weight excluding hydrogens is 342 g/mol. The first-order valence-corrected chi connectivity index (χ1v) is 9.73. The molecular formula is C21H33N3O3. The van der Waals surface area contributed by atoms with Gasteiger partial charge in [-0.3, -0.25) is 9.59 Å². The van der Waals surface area contributed by atoms with Crippen LogP contribution < -0.4 is 15.8 Å². The molecule has 2 rings (SSSR count). The minimum absolute atomic E-state index is 0.0112. The second-order valence-electron chi connectivity index (χ2n) is 8.30. The van der Waals surface area contributed by atoms with Crippen molar-refractivity contribution in [2.45, 2.75) is 53.1 Å². The molecule has 2 amide bonds. The molecule has 1 aliphatic rings. The van der Waals surface area contributed by atoms with Gasteiger partial charge in [-0.2, -0.15) is 0 Å². The van der Waals surface area contributed by atoms with E-state index >= 15 is 0 Å². The van der Waals surface area contributed by atoms with Gasteiger partial charge < -0.3 is 20.7 Å². The van der Waals surface area contributed by atoms with Crippen molar-refractivity contribution in [1.82, 2.24) is 10.2 Å². The molecule has 1 aliphatic heterocycles. The minimum atomic E-state index is -0.561. The highest BCUT2D eigenvalue weighted by Gasteiger charge is 2.38. The van der Waals surface area contributed by atoms with Crippen LogP contribution in [0.25, 0.3) is 0 Å². The number of amides is 2. The van der Waals surface area contributed by atoms with E-state index in [2.05, 4.69) is 19.2 Å². The lowest BCUT2D eigenvalue weighted by Gasteiger charge is -2.44. The van der Waals surface area contributed by atoms with Gasteiger partial charge in [-0.25, -0.2) is 0 Å². The summed E-state index contributed by atoms with van der Waals surface area (Å²) in [6, 6.07) is 6.47. The maximum Gasteiger partial charge on any atom is 0.251 e. The summed E-state index contributed by atoms with van der Waals surface area (Å²) < 4.78 is 5.40. The molecule has 1 aromatic carbocycles. The highest BCUT2D eigenvalue weighted by Crippen LogP contribution is 2.28. The smallest absolute Gasteiger partial charge is 0.251 e. The van der Waals surface area contributed by atoms with Crippen LogP contribution in [0.5, 0.6) is 5.75 Å². The molecule has 1 fully saturated rings. The maximum atomic E-state index is 13.1. The summed E-state index contributed by atoms with van der Waals surface area (Å²) in [5.74, 6) is 0.419. The Hall–Kier alpha value is -2.08. The van der Waals surface area contributed by atoms with Crippen LogP contribution in [0.2, 0.25) is 0 Å². The minimum Gasteiger partial charge on any atom is -0.494 e. The molecule has 1 saturated heterocycles. The lowest BCUT2D eigenvalue weighted by Crippen LogP contribution is -2.59. The first-order valence-electron chi connectivity index (χ1n) is 9.73. The van der Waals surface area contributed by atoms with Crippen LogP contribution in [0.4, 0.5) is 0 Å². The second kappa shape index (κ2) is 8.74. The molecule has 0 spiro atoms. The zero-order valence-corrected chi connectivity index (χ0v) is 17.1. The molecule has 2 unspecified atom stereocenters. The van der Waals surface area contributed by atoms with E-state index in [1.165, 1.54) is 0 Å². The molecule has 6 heteroatoms. The van der Waals surface area contributed by atoms with Crippen LogP contribution in [0.1, 0.15) is 51.4 Å². The predicted molar refractivity (Wildman–Crippen MR) is 107 cm³/mol. The van der Waals surface area contributed by atoms with Gasteiger partial charge in [-0.05, 0) is 48.9 Å². The fourth-order valence-corrected chi connectivity index (χ4v) is 3.37. The lowest BCUT2D eigenvalue weighted by molar-refractivity contribution is -0.137. The Balaban J connectivity index is 2.08. The largest absolute Gasteiger partial charge is 0.494 e. The molecule has 0 saturated carbocycles. The molecule has 0 radical (unpaired) electrons. The van der Waals surface area contributed by atoms with Crippen LogP contribution in [-0.2, 0) is 4.79 Å². The van der Waals surface area contributed by atoms with E-state index in [0.29, 0.717) is 25.3 Å². The van der Waals surface area contributed by atoms with Crippen molar-refractivity contribution >= 4 is 11.8 Å². The van der Waals surface area contributed by atoms with E-state index in [9.17, 15) is 9.59 Å². The normalized spacial score (nSPS) is 20.3. The number of nitrogens with two attached hydrogens (primary N) is 1. The van der Waals surface area contributed by atoms with Gasteiger partial charge in [0.15, 0.2) is 0 Å². The summed E-state index contributed by atoms with van der Waals surface area (Å²) in [6.45, 7) is 11.8. The number of piperidine rings is 1. The number of nitrogens with zero attached hydrogens (tertiary/aromatic N) is 1. The maximum absolute atomic E-state index is 13.1. The lowest BCUT2D eigenvalue weighted by atomic mass is 9.79. The Bertz CT molecular complexity index is 655. The van der Waals surface area contributed by atoms with Gasteiger partial charge >= 0.3 is 0 Å². The third kappa shape index (κ3) is 5.22. The molecule has 0 aliphatic carbocycles. The van der Waals surface area contributed by atoms with E-state index in [4.69, 9.17) is 10.5 Å². The van der Waals surface area contributed by atoms with Gasteiger partial charge in [0.05, 0.1) is 6.61 Å². The Labute approximate surface area is 162 Å². The topological polar surface area (TPSA) is 84.7 Å². The van der Waals surface area contributed by atoms with E-state index in [1.807, 2.05) is 25.7 Å². The van der Waals surface area contributed by atoms with Gasteiger partial charge in [0.1, 0.15) is 11.8 Å². The number of hydrogen-bond donors (Lipinski definition) is 2. The predicted octanol–water partition coefficient (Wildman–Crippen LogP) is 2.43. The van der Waals surface area contributed by atoms with Crippen LogP contribution >= 0.6 is 0 Å². The van der Waals surface area contributed by atoms with Crippen LogP contribution in [-0.4, -0.2) is 48.5 Å². The standard InChI is InChI=1S/C21H33N3O3/c1-6-27-16-9-7-15(8-10-16)19(25)23-18(14(2)3)20(26)24-12-11-17(22)21(4,5)13-24/h7-10,14,17-18H,6,11-13,22H2,1-5H3,(H,23,25). The van der Waals surface area contributed by atoms with Crippen molar-refractivity contribution in [1.29, 1.82) is 0 Å². The molecule has 1 heterocycles. The Kier molecular flexibility index (Phi) is 6.87. The third-order valence-electron chi connectivity index (χ3n) is 5.27. The first kappa shape index (κ1) is 21.2. The Morgan fingerprint density at radius 2 is 1.93 bits per heavy atom. The Morgan fingerprint density at radius 3 is 2.44 bits per heavy atom. The highest BCUT2D eigenvalue weighted by atomic mass is 16.5. The van der Waals surface area contributed by atoms with Gasteiger partial charge in [-0.1, -0.05) is 27.7 Å². The van der Waals surface area contributed by atoms with E-state index in [0.717, 1.165) is 12.2 Å². The van der Waals surface area contributed by atoms with E-state index in [-0.39, 0.29) is 29.2 Å². The van der Waals surface area contributed by atoms with Crippen molar-refractivity contribution in [2.75, 3.05) is 19.7 Å². The van der Waals surface area contributed by atoms with Gasteiger partial charge in [-0.15, -0.1) is 0 Å². The number of ether oxygens (including phenoxy) is 1. The van der Waals surface area contributed by atoms with Crippen molar-refractivity contribution in [3.63, 3.8) is 0 Å². The summed E-state index contributed by atoms with van der Waals surface area (Å²) in [5.41, 5.74) is 6.56. The quantitative estimate of drug-likeness (QED) is 0.800. The molecule has 27 heavy (non-hydrogen) atoms. The van der Waals surface area contributed by atoms with Crippen LogP contribution in [0, 0.1) is 11.3 Å². The van der Waals surface area contributed by atoms with Crippen molar-refractivity contribution < 1.29 is 14.3 Å². The fraction of sp³-hybridized carbons (Fsp3) is 0.619. The molecule has 1 aromatic rings. The SMILES string of the molecule is CCOc1ccc(C(=O)NC(C(=O)N2CCC(N)C(C)(C)C2)C(C)C)cc1. The zero-order chi connectivity index (χ0) is 20.2. The molecule has 3 N–H and O–H groups in total. The average molecular weight is 376 g/mol. The number of nitrogens with one attached hydrogen (secondary N) is 1. The summed E-state index contributed by atoms with van der Waals surface area (Å²) in [6.07, 6.45) is 0.774. The van der Waals surface area contributed by atoms with E-state index < -0.39 is 6.04 Å². The molecule has 0 bridgehead atoms. The van der Waals surface area contributed by atoms with Crippen LogP contribution in [0.15, 0.2) is 24.3 Å². The monoisotopic (exact) mass is 375 g/mol. The third-order valence-corrected chi connectivity index (χ3v) is 5.27. The first-order chi connectivity index (χ1) is 12.7. The zero-order valence-electron chi connectivity index (χ0n) is 17.1. The van der Waals surface area contributed by atoms with Crippen molar-refractivity contribution in [3.05, 3.63) is 29.8 Å². The molecule has 0 aromatic heterocycles. The summed E-state index contributed by atoms with van der Waals surface area (Å²) >= 11 is 0. The number of benzene rings is 1. The van der Waals surface area contributed by atoms with Crippen molar-refractivity contribution in [3.8, 4) is 5.75 Å². The number of rotatable bonds is 6. The van der Waals surface area contributed by atoms with Gasteiger partial charge in [0.25, 0.3) is 5.91 Å². The number of carbonyl (C=O) groups excluding carboxylic acids is 2. The van der Waals surface area contributed by atoms with Gasteiger partial charge in [0.2, 0.25) is 5.91 Å². The Morgan fingerprint density at radius 1 is 1.30 bits per heavy atom. The fourth-order valence-electron chi connectivity index (χ4n) is 3.37. The number of carbonyl (C=O) groups is 2. The number of hydrogen-bond acceptors (Lipinski definition) is 4. The summed E-state index contributed by atoms with van der Waals surface area (Å²) in [7, 11) is 0.